The SMILES string of the molecule is O=C1CCCc2c(OCC(=O)N3CCN(C(=O)CCc4nc5ccccc5[nH]c4=O)C[C@@H]3CO)cccc21. The fourth-order valence-electron chi connectivity index (χ4n) is 5.19. The molecule has 5 rings (SSSR count). The highest BCUT2D eigenvalue weighted by molar-refractivity contribution is 5.99. The van der Waals surface area contributed by atoms with Gasteiger partial charge in [0.25, 0.3) is 11.5 Å². The van der Waals surface area contributed by atoms with Crippen LogP contribution in [-0.2, 0) is 22.4 Å². The molecule has 2 aliphatic rings. The Morgan fingerprint density at radius 2 is 1.89 bits per heavy atom. The number of aromatic nitrogens is 2. The molecule has 198 valence electrons. The molecule has 2 heterocycles. The van der Waals surface area contributed by atoms with E-state index in [2.05, 4.69) is 9.97 Å². The second-order valence-electron chi connectivity index (χ2n) is 9.64. The van der Waals surface area contributed by atoms with Gasteiger partial charge >= 0.3 is 0 Å². The largest absolute Gasteiger partial charge is 0.483 e. The molecule has 0 saturated carbocycles. The Balaban J connectivity index is 1.17. The maximum Gasteiger partial charge on any atom is 0.270 e. The number of nitrogens with one attached hydrogen (secondary N) is 1. The van der Waals surface area contributed by atoms with Gasteiger partial charge in [0.05, 0.1) is 23.7 Å². The fraction of sp³-hybridized carbons (Fsp3) is 0.393. The molecule has 1 saturated heterocycles. The number of aliphatic hydroxyl groups excluding tert-OH is 1. The van der Waals surface area contributed by atoms with E-state index in [9.17, 15) is 24.3 Å². The van der Waals surface area contributed by atoms with E-state index in [1.807, 2.05) is 12.1 Å². The Morgan fingerprint density at radius 1 is 1.05 bits per heavy atom. The van der Waals surface area contributed by atoms with Crippen LogP contribution in [0.5, 0.6) is 5.75 Å². The molecular weight excluding hydrogens is 488 g/mol. The molecule has 0 unspecified atom stereocenters. The van der Waals surface area contributed by atoms with Gasteiger partial charge in [0.15, 0.2) is 12.4 Å². The number of amides is 2. The summed E-state index contributed by atoms with van der Waals surface area (Å²) in [7, 11) is 0. The molecule has 2 N–H and O–H groups in total. The first kappa shape index (κ1) is 25.6. The van der Waals surface area contributed by atoms with Crippen LogP contribution in [0.4, 0.5) is 0 Å². The van der Waals surface area contributed by atoms with Gasteiger partial charge < -0.3 is 24.6 Å². The number of aliphatic hydroxyl groups is 1. The minimum absolute atomic E-state index is 0.0881. The third-order valence-electron chi connectivity index (χ3n) is 7.23. The Morgan fingerprint density at radius 3 is 2.74 bits per heavy atom. The van der Waals surface area contributed by atoms with Gasteiger partial charge in [0.2, 0.25) is 5.91 Å². The lowest BCUT2D eigenvalue weighted by molar-refractivity contribution is -0.145. The van der Waals surface area contributed by atoms with E-state index in [-0.39, 0.29) is 62.3 Å². The number of ether oxygens (including phenoxy) is 1. The number of carbonyl (C=O) groups is 3. The molecule has 3 aromatic rings. The molecule has 0 bridgehead atoms. The van der Waals surface area contributed by atoms with E-state index in [1.54, 1.807) is 40.1 Å². The van der Waals surface area contributed by atoms with Gasteiger partial charge in [-0.25, -0.2) is 4.98 Å². The number of H-pyrrole nitrogens is 1. The summed E-state index contributed by atoms with van der Waals surface area (Å²) in [5, 5.41) is 9.96. The maximum absolute atomic E-state index is 13.0. The van der Waals surface area contributed by atoms with Gasteiger partial charge in [-0.1, -0.05) is 24.3 Å². The van der Waals surface area contributed by atoms with Crippen molar-refractivity contribution in [2.75, 3.05) is 32.8 Å². The molecule has 0 radical (unpaired) electrons. The van der Waals surface area contributed by atoms with E-state index in [0.717, 1.165) is 18.4 Å². The highest BCUT2D eigenvalue weighted by atomic mass is 16.5. The van der Waals surface area contributed by atoms with Crippen LogP contribution in [0, 0.1) is 0 Å². The number of piperazine rings is 1. The zero-order chi connectivity index (χ0) is 26.6. The van der Waals surface area contributed by atoms with Gasteiger partial charge in [-0.05, 0) is 31.0 Å². The normalized spacial score (nSPS) is 17.4. The predicted molar refractivity (Wildman–Crippen MR) is 139 cm³/mol. The number of benzene rings is 2. The van der Waals surface area contributed by atoms with Gasteiger partial charge in [0.1, 0.15) is 11.4 Å². The lowest BCUT2D eigenvalue weighted by Gasteiger charge is -2.40. The standard InChI is InChI=1S/C28H30N4O6/c33-16-18-15-31(26(35)12-11-23-28(37)30-22-8-2-1-7-21(22)29-23)13-14-32(18)27(36)17-38-25-10-4-5-19-20(25)6-3-9-24(19)34/h1-2,4-5,7-8,10,18,33H,3,6,9,11-17H2,(H,30,37)/t18-/m1/s1. The summed E-state index contributed by atoms with van der Waals surface area (Å²) in [6.07, 6.45) is 2.30. The molecule has 2 aromatic carbocycles. The van der Waals surface area contributed by atoms with Crippen molar-refractivity contribution < 1.29 is 24.2 Å². The van der Waals surface area contributed by atoms with Crippen molar-refractivity contribution in [3.05, 3.63) is 69.6 Å². The minimum Gasteiger partial charge on any atom is -0.483 e. The van der Waals surface area contributed by atoms with Crippen molar-refractivity contribution >= 4 is 28.6 Å². The Kier molecular flexibility index (Phi) is 7.50. The Hall–Kier alpha value is -4.05. The smallest absolute Gasteiger partial charge is 0.270 e. The number of fused-ring (bicyclic) bond motifs is 2. The average molecular weight is 519 g/mol. The van der Waals surface area contributed by atoms with Crippen molar-refractivity contribution in [2.24, 2.45) is 0 Å². The lowest BCUT2D eigenvalue weighted by atomic mass is 9.90. The molecule has 10 heteroatoms. The van der Waals surface area contributed by atoms with Crippen LogP contribution in [0.3, 0.4) is 0 Å². The van der Waals surface area contributed by atoms with Crippen molar-refractivity contribution in [1.82, 2.24) is 19.8 Å². The quantitative estimate of drug-likeness (QED) is 0.484. The van der Waals surface area contributed by atoms with Gasteiger partial charge in [-0.2, -0.15) is 0 Å². The molecule has 38 heavy (non-hydrogen) atoms. The fourth-order valence-corrected chi connectivity index (χ4v) is 5.19. The number of hydrogen-bond acceptors (Lipinski definition) is 7. The van der Waals surface area contributed by atoms with Crippen molar-refractivity contribution in [3.63, 3.8) is 0 Å². The van der Waals surface area contributed by atoms with Crippen molar-refractivity contribution in [3.8, 4) is 5.75 Å². The zero-order valence-corrected chi connectivity index (χ0v) is 21.0. The molecule has 1 aromatic heterocycles. The van der Waals surface area contributed by atoms with E-state index in [4.69, 9.17) is 4.74 Å². The van der Waals surface area contributed by atoms with Crippen LogP contribution >= 0.6 is 0 Å². The average Bonchev–Trinajstić information content (AvgIpc) is 2.94. The van der Waals surface area contributed by atoms with E-state index >= 15 is 0 Å². The topological polar surface area (TPSA) is 133 Å². The number of aromatic amines is 1. The third kappa shape index (κ3) is 5.31. The van der Waals surface area contributed by atoms with E-state index in [1.165, 1.54) is 0 Å². The molecule has 0 spiro atoms. The van der Waals surface area contributed by atoms with Crippen LogP contribution in [0.1, 0.15) is 40.9 Å². The number of para-hydroxylation sites is 2. The van der Waals surface area contributed by atoms with Crippen LogP contribution in [-0.4, -0.2) is 81.4 Å². The maximum atomic E-state index is 13.0. The molecule has 1 fully saturated rings. The zero-order valence-electron chi connectivity index (χ0n) is 21.0. The van der Waals surface area contributed by atoms with Gasteiger partial charge in [0, 0.05) is 50.0 Å². The molecular formula is C28H30N4O6. The van der Waals surface area contributed by atoms with Crippen LogP contribution < -0.4 is 10.3 Å². The molecule has 1 aliphatic heterocycles. The summed E-state index contributed by atoms with van der Waals surface area (Å²) < 4.78 is 5.82. The van der Waals surface area contributed by atoms with Gasteiger partial charge in [-0.15, -0.1) is 0 Å². The number of rotatable bonds is 7. The lowest BCUT2D eigenvalue weighted by Crippen LogP contribution is -2.58. The number of Topliss-reactive ketones (excluding diaryl/α,β-unsaturated/α-hetero) is 1. The number of hydrogen-bond donors (Lipinski definition) is 2. The molecule has 1 aliphatic carbocycles. The molecule has 1 atom stereocenters. The van der Waals surface area contributed by atoms with Crippen molar-refractivity contribution in [2.45, 2.75) is 38.1 Å². The summed E-state index contributed by atoms with van der Waals surface area (Å²) >= 11 is 0. The van der Waals surface area contributed by atoms with E-state index in [0.29, 0.717) is 41.0 Å². The first-order valence-corrected chi connectivity index (χ1v) is 12.9. The first-order valence-electron chi connectivity index (χ1n) is 12.9. The monoisotopic (exact) mass is 518 g/mol. The molecule has 10 nitrogen and oxygen atoms in total. The number of aryl methyl sites for hydroxylation is 1. The minimum atomic E-state index is -0.558. The number of carbonyl (C=O) groups excluding carboxylic acids is 3. The van der Waals surface area contributed by atoms with E-state index < -0.39 is 6.04 Å². The summed E-state index contributed by atoms with van der Waals surface area (Å²) in [5.74, 6) is 0.172. The summed E-state index contributed by atoms with van der Waals surface area (Å²) in [5.41, 5.74) is 2.78. The number of nitrogens with zero attached hydrogens (tertiary/aromatic N) is 3. The first-order chi connectivity index (χ1) is 18.4. The second-order valence-corrected chi connectivity index (χ2v) is 9.64. The van der Waals surface area contributed by atoms with Crippen molar-refractivity contribution in [1.29, 1.82) is 0 Å². The Bertz CT molecular complexity index is 1430. The molecule has 2 amide bonds. The third-order valence-corrected chi connectivity index (χ3v) is 7.23. The van der Waals surface area contributed by atoms with Gasteiger partial charge in [-0.3, -0.25) is 19.2 Å². The highest BCUT2D eigenvalue weighted by Gasteiger charge is 2.32. The highest BCUT2D eigenvalue weighted by Crippen LogP contribution is 2.29. The van der Waals surface area contributed by atoms with Crippen LogP contribution in [0.2, 0.25) is 0 Å². The number of ketones is 1. The van der Waals surface area contributed by atoms with Crippen LogP contribution in [0.15, 0.2) is 47.3 Å². The summed E-state index contributed by atoms with van der Waals surface area (Å²) in [4.78, 5) is 60.7. The predicted octanol–water partition coefficient (Wildman–Crippen LogP) is 1.49. The van der Waals surface area contributed by atoms with Crippen LogP contribution in [0.25, 0.3) is 11.0 Å². The summed E-state index contributed by atoms with van der Waals surface area (Å²) in [6, 6.07) is 12.0. The Labute approximate surface area is 219 Å². The summed E-state index contributed by atoms with van der Waals surface area (Å²) in [6.45, 7) is 0.261. The second kappa shape index (κ2) is 11.1.